The standard InChI is InChI=1S/C23H20N4O2S.ClH/c28-22(17-8-9-18-13-24-11-10-16(18)12-17)25-23-27-26-21(30-23)14-29-20-7-3-5-15-4-1-2-6-19(15)20;/h1-9,12,24H,10-11,13-14H2,(H,25,27,28);1H. The second kappa shape index (κ2) is 9.43. The number of nitrogens with zero attached hydrogens (tertiary/aromatic N) is 2. The first kappa shape index (κ1) is 21.2. The number of ether oxygens (including phenoxy) is 1. The van der Waals surface area contributed by atoms with Crippen molar-refractivity contribution in [2.45, 2.75) is 19.6 Å². The van der Waals surface area contributed by atoms with Crippen LogP contribution in [0.5, 0.6) is 5.75 Å². The number of hydrogen-bond donors (Lipinski definition) is 2. The van der Waals surface area contributed by atoms with E-state index in [9.17, 15) is 4.79 Å². The van der Waals surface area contributed by atoms with Gasteiger partial charge in [0, 0.05) is 17.5 Å². The Hall–Kier alpha value is -3.00. The number of hydrogen-bond acceptors (Lipinski definition) is 6. The smallest absolute Gasteiger partial charge is 0.257 e. The van der Waals surface area contributed by atoms with Gasteiger partial charge >= 0.3 is 0 Å². The van der Waals surface area contributed by atoms with Gasteiger partial charge in [-0.25, -0.2) is 0 Å². The first-order valence-electron chi connectivity index (χ1n) is 9.83. The number of benzene rings is 3. The Morgan fingerprint density at radius 3 is 2.87 bits per heavy atom. The SMILES string of the molecule is Cl.O=C(Nc1nnc(COc2cccc3ccccc23)s1)c1ccc2c(c1)CCNC2. The van der Waals surface area contributed by atoms with E-state index >= 15 is 0 Å². The lowest BCUT2D eigenvalue weighted by atomic mass is 9.98. The lowest BCUT2D eigenvalue weighted by Crippen LogP contribution is -2.24. The Bertz CT molecular complexity index is 1220. The van der Waals surface area contributed by atoms with Gasteiger partial charge in [-0.2, -0.15) is 0 Å². The predicted octanol–water partition coefficient (Wildman–Crippen LogP) is 4.59. The van der Waals surface area contributed by atoms with Crippen LogP contribution < -0.4 is 15.4 Å². The summed E-state index contributed by atoms with van der Waals surface area (Å²) in [6.07, 6.45) is 0.935. The van der Waals surface area contributed by atoms with Gasteiger partial charge in [-0.1, -0.05) is 53.8 Å². The van der Waals surface area contributed by atoms with Crippen molar-refractivity contribution in [2.24, 2.45) is 0 Å². The molecule has 2 N–H and O–H groups in total. The molecule has 2 heterocycles. The number of nitrogens with one attached hydrogen (secondary N) is 2. The molecule has 0 unspecified atom stereocenters. The Morgan fingerprint density at radius 1 is 1.06 bits per heavy atom. The van der Waals surface area contributed by atoms with Crippen LogP contribution in [0.4, 0.5) is 5.13 Å². The van der Waals surface area contributed by atoms with Crippen LogP contribution in [0.2, 0.25) is 0 Å². The fourth-order valence-corrected chi connectivity index (χ4v) is 4.26. The maximum absolute atomic E-state index is 12.6. The van der Waals surface area contributed by atoms with Crippen LogP contribution in [-0.2, 0) is 19.6 Å². The first-order valence-corrected chi connectivity index (χ1v) is 10.6. The summed E-state index contributed by atoms with van der Waals surface area (Å²) in [4.78, 5) is 12.6. The van der Waals surface area contributed by atoms with Crippen LogP contribution >= 0.6 is 23.7 Å². The van der Waals surface area contributed by atoms with E-state index in [4.69, 9.17) is 4.74 Å². The molecule has 0 saturated heterocycles. The molecule has 8 heteroatoms. The van der Waals surface area contributed by atoms with Crippen molar-refractivity contribution in [3.63, 3.8) is 0 Å². The predicted molar refractivity (Wildman–Crippen MR) is 125 cm³/mol. The van der Waals surface area contributed by atoms with Gasteiger partial charge in [-0.15, -0.1) is 22.6 Å². The monoisotopic (exact) mass is 452 g/mol. The molecule has 3 aromatic carbocycles. The van der Waals surface area contributed by atoms with Crippen LogP contribution in [0.3, 0.4) is 0 Å². The zero-order valence-electron chi connectivity index (χ0n) is 16.6. The van der Waals surface area contributed by atoms with Crippen LogP contribution in [0.15, 0.2) is 60.7 Å². The van der Waals surface area contributed by atoms with Gasteiger partial charge < -0.3 is 10.1 Å². The molecule has 31 heavy (non-hydrogen) atoms. The van der Waals surface area contributed by atoms with Gasteiger partial charge in [0.15, 0.2) is 5.01 Å². The summed E-state index contributed by atoms with van der Waals surface area (Å²) in [6, 6.07) is 19.9. The second-order valence-corrected chi connectivity index (χ2v) is 8.19. The van der Waals surface area contributed by atoms with E-state index in [0.717, 1.165) is 36.0 Å². The largest absolute Gasteiger partial charge is 0.486 e. The molecule has 0 spiro atoms. The molecule has 0 atom stereocenters. The highest BCUT2D eigenvalue weighted by atomic mass is 35.5. The molecule has 1 aliphatic heterocycles. The molecular formula is C23H21ClN4O2S. The average Bonchev–Trinajstić information content (AvgIpc) is 3.24. The normalized spacial score (nSPS) is 12.6. The summed E-state index contributed by atoms with van der Waals surface area (Å²) in [7, 11) is 0. The maximum Gasteiger partial charge on any atom is 0.257 e. The van der Waals surface area contributed by atoms with Crippen molar-refractivity contribution in [3.05, 3.63) is 82.4 Å². The highest BCUT2D eigenvalue weighted by Crippen LogP contribution is 2.27. The summed E-state index contributed by atoms with van der Waals surface area (Å²) in [6.45, 7) is 2.09. The average molecular weight is 453 g/mol. The van der Waals surface area contributed by atoms with Crippen molar-refractivity contribution in [1.29, 1.82) is 0 Å². The molecule has 0 fully saturated rings. The molecule has 1 aromatic heterocycles. The van der Waals surface area contributed by atoms with Gasteiger partial charge in [0.1, 0.15) is 12.4 Å². The van der Waals surface area contributed by atoms with Crippen LogP contribution in [0.1, 0.15) is 26.5 Å². The minimum absolute atomic E-state index is 0. The molecule has 4 aromatic rings. The van der Waals surface area contributed by atoms with Crippen molar-refractivity contribution in [3.8, 4) is 5.75 Å². The molecule has 0 bridgehead atoms. The van der Waals surface area contributed by atoms with Crippen LogP contribution in [0, 0.1) is 0 Å². The Labute approximate surface area is 190 Å². The Kier molecular flexibility index (Phi) is 6.46. The molecule has 0 aliphatic carbocycles. The van der Waals surface area contributed by atoms with E-state index < -0.39 is 0 Å². The third kappa shape index (κ3) is 4.69. The molecule has 1 amide bonds. The number of fused-ring (bicyclic) bond motifs is 2. The molecule has 6 nitrogen and oxygen atoms in total. The van der Waals surface area contributed by atoms with Crippen LogP contribution in [-0.4, -0.2) is 22.6 Å². The van der Waals surface area contributed by atoms with E-state index in [1.165, 1.54) is 22.5 Å². The lowest BCUT2D eigenvalue weighted by molar-refractivity contribution is 0.102. The summed E-state index contributed by atoms with van der Waals surface area (Å²) in [5.41, 5.74) is 3.11. The number of halogens is 1. The summed E-state index contributed by atoms with van der Waals surface area (Å²) >= 11 is 1.32. The van der Waals surface area contributed by atoms with Crippen molar-refractivity contribution >= 4 is 45.6 Å². The van der Waals surface area contributed by atoms with E-state index in [0.29, 0.717) is 22.3 Å². The van der Waals surface area contributed by atoms with Gasteiger partial charge in [-0.05, 0) is 47.7 Å². The van der Waals surface area contributed by atoms with Gasteiger partial charge in [-0.3, -0.25) is 10.1 Å². The molecule has 0 saturated carbocycles. The Balaban J connectivity index is 0.00000231. The summed E-state index contributed by atoms with van der Waals surface area (Å²) in [5, 5.41) is 17.8. The Morgan fingerprint density at radius 2 is 1.94 bits per heavy atom. The van der Waals surface area contributed by atoms with E-state index in [2.05, 4.69) is 33.0 Å². The minimum atomic E-state index is -0.172. The molecular weight excluding hydrogens is 432 g/mol. The van der Waals surface area contributed by atoms with Gasteiger partial charge in [0.05, 0.1) is 0 Å². The summed E-state index contributed by atoms with van der Waals surface area (Å²) in [5.74, 6) is 0.631. The fraction of sp³-hybridized carbons (Fsp3) is 0.174. The number of amides is 1. The van der Waals surface area contributed by atoms with Crippen LogP contribution in [0.25, 0.3) is 10.8 Å². The third-order valence-corrected chi connectivity index (χ3v) is 5.96. The second-order valence-electron chi connectivity index (χ2n) is 7.13. The zero-order chi connectivity index (χ0) is 20.3. The fourth-order valence-electron chi connectivity index (χ4n) is 3.61. The highest BCUT2D eigenvalue weighted by Gasteiger charge is 2.14. The lowest BCUT2D eigenvalue weighted by Gasteiger charge is -2.17. The molecule has 5 rings (SSSR count). The number of aromatic nitrogens is 2. The molecule has 158 valence electrons. The number of rotatable bonds is 5. The number of anilines is 1. The molecule has 1 aliphatic rings. The number of carbonyl (C=O) groups is 1. The van der Waals surface area contributed by atoms with E-state index in [1.807, 2.05) is 48.5 Å². The van der Waals surface area contributed by atoms with Crippen molar-refractivity contribution in [2.75, 3.05) is 11.9 Å². The topological polar surface area (TPSA) is 76.1 Å². The minimum Gasteiger partial charge on any atom is -0.486 e. The quantitative estimate of drug-likeness (QED) is 0.463. The van der Waals surface area contributed by atoms with E-state index in [1.54, 1.807) is 0 Å². The van der Waals surface area contributed by atoms with E-state index in [-0.39, 0.29) is 18.3 Å². The number of carbonyl (C=O) groups excluding carboxylic acids is 1. The van der Waals surface area contributed by atoms with Crippen molar-refractivity contribution < 1.29 is 9.53 Å². The van der Waals surface area contributed by atoms with Gasteiger partial charge in [0.2, 0.25) is 5.13 Å². The third-order valence-electron chi connectivity index (χ3n) is 5.14. The summed E-state index contributed by atoms with van der Waals surface area (Å²) < 4.78 is 5.96. The van der Waals surface area contributed by atoms with Crippen molar-refractivity contribution in [1.82, 2.24) is 15.5 Å². The zero-order valence-corrected chi connectivity index (χ0v) is 18.3. The maximum atomic E-state index is 12.6. The van der Waals surface area contributed by atoms with Gasteiger partial charge in [0.25, 0.3) is 5.91 Å². The molecule has 0 radical (unpaired) electrons. The first-order chi connectivity index (χ1) is 14.8. The highest BCUT2D eigenvalue weighted by molar-refractivity contribution is 7.15.